The highest BCUT2D eigenvalue weighted by Crippen LogP contribution is 2.24. The first-order chi connectivity index (χ1) is 15.5. The zero-order chi connectivity index (χ0) is 22.7. The summed E-state index contributed by atoms with van der Waals surface area (Å²) in [6, 6.07) is 12.8. The first kappa shape index (κ1) is 22.0. The molecule has 1 fully saturated rings. The van der Waals surface area contributed by atoms with Crippen molar-refractivity contribution in [3.05, 3.63) is 75.1 Å². The summed E-state index contributed by atoms with van der Waals surface area (Å²) in [5, 5.41) is 3.45. The summed E-state index contributed by atoms with van der Waals surface area (Å²) >= 11 is 0. The normalized spacial score (nSPS) is 15.5. The third-order valence-electron chi connectivity index (χ3n) is 5.83. The Morgan fingerprint density at radius 2 is 1.84 bits per heavy atom. The molecule has 4 rings (SSSR count). The maximum absolute atomic E-state index is 12.9. The smallest absolute Gasteiger partial charge is 0.287 e. The Morgan fingerprint density at radius 3 is 2.53 bits per heavy atom. The van der Waals surface area contributed by atoms with Gasteiger partial charge >= 0.3 is 0 Å². The van der Waals surface area contributed by atoms with E-state index in [0.29, 0.717) is 30.7 Å². The molecule has 1 saturated heterocycles. The maximum Gasteiger partial charge on any atom is 0.287 e. The number of rotatable bonds is 6. The highest BCUT2D eigenvalue weighted by molar-refractivity contribution is 5.93. The molecule has 7 nitrogen and oxygen atoms in total. The number of aryl methyl sites for hydroxylation is 2. The van der Waals surface area contributed by atoms with E-state index in [4.69, 9.17) is 13.9 Å². The summed E-state index contributed by atoms with van der Waals surface area (Å²) in [5.41, 5.74) is 3.11. The van der Waals surface area contributed by atoms with Crippen LogP contribution < -0.4 is 15.5 Å². The van der Waals surface area contributed by atoms with Crippen LogP contribution in [0.2, 0.25) is 0 Å². The van der Waals surface area contributed by atoms with Gasteiger partial charge < -0.3 is 19.2 Å². The number of ether oxygens (including phenoxy) is 2. The van der Waals surface area contributed by atoms with Crippen molar-refractivity contribution < 1.29 is 18.7 Å². The maximum atomic E-state index is 12.9. The Labute approximate surface area is 186 Å². The molecule has 0 aliphatic carbocycles. The topological polar surface area (TPSA) is 81.0 Å². The summed E-state index contributed by atoms with van der Waals surface area (Å²) in [6.07, 6.45) is 0. The summed E-state index contributed by atoms with van der Waals surface area (Å²) in [5.74, 6) is 0.391. The van der Waals surface area contributed by atoms with E-state index in [9.17, 15) is 9.59 Å². The molecule has 0 radical (unpaired) electrons. The summed E-state index contributed by atoms with van der Waals surface area (Å²) in [7, 11) is 1.63. The van der Waals surface area contributed by atoms with E-state index < -0.39 is 5.91 Å². The minimum atomic E-state index is -0.407. The molecule has 32 heavy (non-hydrogen) atoms. The molecule has 1 unspecified atom stereocenters. The zero-order valence-electron chi connectivity index (χ0n) is 18.6. The zero-order valence-corrected chi connectivity index (χ0v) is 18.6. The Kier molecular flexibility index (Phi) is 6.58. The molecule has 1 atom stereocenters. The lowest BCUT2D eigenvalue weighted by Gasteiger charge is -2.35. The quantitative estimate of drug-likeness (QED) is 0.639. The van der Waals surface area contributed by atoms with Gasteiger partial charge in [0.1, 0.15) is 11.3 Å². The van der Waals surface area contributed by atoms with Gasteiger partial charge in [-0.05, 0) is 48.7 Å². The standard InChI is InChI=1S/C25H28N2O5/c1-16-12-17(2)24-20(13-16)22(28)14-23(32-24)25(29)26-15-21(27-8-10-31-11-9-27)18-4-6-19(30-3)7-5-18/h4-7,12-14,21H,8-11,15H2,1-3H3,(H,26,29). The lowest BCUT2D eigenvalue weighted by Crippen LogP contribution is -2.43. The fourth-order valence-electron chi connectivity index (χ4n) is 4.17. The number of hydrogen-bond donors (Lipinski definition) is 1. The summed E-state index contributed by atoms with van der Waals surface area (Å²) in [4.78, 5) is 27.8. The first-order valence-corrected chi connectivity index (χ1v) is 10.8. The molecule has 1 aromatic heterocycles. The Hall–Kier alpha value is -3.16. The Balaban J connectivity index is 1.57. The Morgan fingerprint density at radius 1 is 1.12 bits per heavy atom. The summed E-state index contributed by atoms with van der Waals surface area (Å²) in [6.45, 7) is 7.03. The average molecular weight is 437 g/mol. The molecule has 0 saturated carbocycles. The van der Waals surface area contributed by atoms with Crippen LogP contribution >= 0.6 is 0 Å². The van der Waals surface area contributed by atoms with Crippen molar-refractivity contribution in [2.45, 2.75) is 19.9 Å². The van der Waals surface area contributed by atoms with Crippen LogP contribution in [-0.2, 0) is 4.74 Å². The van der Waals surface area contributed by atoms with Gasteiger partial charge in [0.15, 0.2) is 11.2 Å². The second kappa shape index (κ2) is 9.54. The van der Waals surface area contributed by atoms with E-state index in [1.54, 1.807) is 13.2 Å². The molecular weight excluding hydrogens is 408 g/mol. The number of benzene rings is 2. The van der Waals surface area contributed by atoms with Crippen LogP contribution in [0.25, 0.3) is 11.0 Å². The number of methoxy groups -OCH3 is 1. The molecule has 0 bridgehead atoms. The molecule has 1 aliphatic rings. The SMILES string of the molecule is COc1ccc(C(CNC(=O)c2cc(=O)c3cc(C)cc(C)c3o2)N2CCOCC2)cc1. The van der Waals surface area contributed by atoms with Gasteiger partial charge in [-0.3, -0.25) is 14.5 Å². The highest BCUT2D eigenvalue weighted by Gasteiger charge is 2.24. The van der Waals surface area contributed by atoms with Gasteiger partial charge in [0.25, 0.3) is 5.91 Å². The van der Waals surface area contributed by atoms with E-state index in [-0.39, 0.29) is 17.2 Å². The van der Waals surface area contributed by atoms with Crippen LogP contribution in [0.1, 0.15) is 33.3 Å². The predicted octanol–water partition coefficient (Wildman–Crippen LogP) is 3.22. The molecule has 1 aliphatic heterocycles. The van der Waals surface area contributed by atoms with Gasteiger partial charge in [0.05, 0.1) is 31.8 Å². The van der Waals surface area contributed by atoms with Gasteiger partial charge in [-0.15, -0.1) is 0 Å². The van der Waals surface area contributed by atoms with Gasteiger partial charge in [0.2, 0.25) is 0 Å². The van der Waals surface area contributed by atoms with Crippen molar-refractivity contribution in [1.29, 1.82) is 0 Å². The average Bonchev–Trinajstić information content (AvgIpc) is 2.80. The molecule has 2 heterocycles. The number of fused-ring (bicyclic) bond motifs is 1. The van der Waals surface area contributed by atoms with Crippen molar-refractivity contribution >= 4 is 16.9 Å². The van der Waals surface area contributed by atoms with Crippen LogP contribution in [0.5, 0.6) is 5.75 Å². The summed E-state index contributed by atoms with van der Waals surface area (Å²) < 4.78 is 16.6. The number of hydrogen-bond acceptors (Lipinski definition) is 6. The predicted molar refractivity (Wildman–Crippen MR) is 122 cm³/mol. The molecule has 3 aromatic rings. The molecular formula is C25H28N2O5. The Bertz CT molecular complexity index is 1160. The number of nitrogens with one attached hydrogen (secondary N) is 1. The number of amides is 1. The number of morpholine rings is 1. The third-order valence-corrected chi connectivity index (χ3v) is 5.83. The fourth-order valence-corrected chi connectivity index (χ4v) is 4.17. The van der Waals surface area contributed by atoms with Crippen molar-refractivity contribution in [3.63, 3.8) is 0 Å². The third kappa shape index (κ3) is 4.69. The van der Waals surface area contributed by atoms with Crippen LogP contribution in [0.15, 0.2) is 51.7 Å². The number of carbonyl (C=O) groups is 1. The minimum Gasteiger partial charge on any atom is -0.497 e. The monoisotopic (exact) mass is 436 g/mol. The van der Waals surface area contributed by atoms with Crippen LogP contribution in [0.4, 0.5) is 0 Å². The van der Waals surface area contributed by atoms with Gasteiger partial charge in [-0.1, -0.05) is 18.2 Å². The lowest BCUT2D eigenvalue weighted by atomic mass is 10.0. The van der Waals surface area contributed by atoms with Crippen molar-refractivity contribution in [1.82, 2.24) is 10.2 Å². The first-order valence-electron chi connectivity index (χ1n) is 10.8. The van der Waals surface area contributed by atoms with Gasteiger partial charge in [-0.25, -0.2) is 0 Å². The number of carbonyl (C=O) groups excluding carboxylic acids is 1. The van der Waals surface area contributed by atoms with E-state index >= 15 is 0 Å². The van der Waals surface area contributed by atoms with Crippen molar-refractivity contribution in [3.8, 4) is 5.75 Å². The second-order valence-electron chi connectivity index (χ2n) is 8.08. The number of nitrogens with zero attached hydrogens (tertiary/aromatic N) is 1. The van der Waals surface area contributed by atoms with E-state index in [0.717, 1.165) is 35.5 Å². The van der Waals surface area contributed by atoms with Crippen LogP contribution in [0.3, 0.4) is 0 Å². The molecule has 168 valence electrons. The van der Waals surface area contributed by atoms with Crippen molar-refractivity contribution in [2.75, 3.05) is 40.0 Å². The van der Waals surface area contributed by atoms with Crippen LogP contribution in [0, 0.1) is 13.8 Å². The molecule has 1 amide bonds. The van der Waals surface area contributed by atoms with E-state index in [1.165, 1.54) is 6.07 Å². The lowest BCUT2D eigenvalue weighted by molar-refractivity contribution is 0.0161. The molecule has 1 N–H and O–H groups in total. The van der Waals surface area contributed by atoms with E-state index in [2.05, 4.69) is 10.2 Å². The molecule has 0 spiro atoms. The molecule has 7 heteroatoms. The van der Waals surface area contributed by atoms with Crippen molar-refractivity contribution in [2.24, 2.45) is 0 Å². The second-order valence-corrected chi connectivity index (χ2v) is 8.08. The van der Waals surface area contributed by atoms with Gasteiger partial charge in [-0.2, -0.15) is 0 Å². The van der Waals surface area contributed by atoms with E-state index in [1.807, 2.05) is 44.2 Å². The largest absolute Gasteiger partial charge is 0.497 e. The molecule has 2 aromatic carbocycles. The van der Waals surface area contributed by atoms with Gasteiger partial charge in [0, 0.05) is 25.7 Å². The highest BCUT2D eigenvalue weighted by atomic mass is 16.5. The fraction of sp³-hybridized carbons (Fsp3) is 0.360. The minimum absolute atomic E-state index is 0.0184. The van der Waals surface area contributed by atoms with Crippen LogP contribution in [-0.4, -0.2) is 50.8 Å².